The van der Waals surface area contributed by atoms with Crippen molar-refractivity contribution in [1.82, 2.24) is 4.98 Å². The average Bonchev–Trinajstić information content (AvgIpc) is 2.41. The van der Waals surface area contributed by atoms with Gasteiger partial charge >= 0.3 is 0 Å². The van der Waals surface area contributed by atoms with Gasteiger partial charge in [-0.1, -0.05) is 28.1 Å². The molecule has 2 aromatic rings. The van der Waals surface area contributed by atoms with Gasteiger partial charge in [0.25, 0.3) is 0 Å². The normalized spacial score (nSPS) is 12.2. The van der Waals surface area contributed by atoms with Crippen LogP contribution in [0.3, 0.4) is 0 Å². The van der Waals surface area contributed by atoms with Gasteiger partial charge in [0, 0.05) is 21.9 Å². The fourth-order valence-electron chi connectivity index (χ4n) is 1.81. The maximum absolute atomic E-state index is 6.26. The molecule has 3 heteroatoms. The fraction of sp³-hybridized carbons (Fsp3) is 0.133. The summed E-state index contributed by atoms with van der Waals surface area (Å²) in [5, 5.41) is 0. The van der Waals surface area contributed by atoms with Crippen LogP contribution < -0.4 is 5.73 Å². The van der Waals surface area contributed by atoms with Crippen LogP contribution >= 0.6 is 15.9 Å². The molecule has 1 heterocycles. The Morgan fingerprint density at radius 2 is 2.00 bits per heavy atom. The second-order valence-electron chi connectivity index (χ2n) is 4.21. The SMILES string of the molecule is CC(=C(N)c1cc(Br)ccc1C)c1ccccn1. The first kappa shape index (κ1) is 12.8. The van der Waals surface area contributed by atoms with Gasteiger partial charge in [-0.25, -0.2) is 0 Å². The molecule has 0 amide bonds. The number of hydrogen-bond acceptors (Lipinski definition) is 2. The third-order valence-corrected chi connectivity index (χ3v) is 3.44. The highest BCUT2D eigenvalue weighted by atomic mass is 79.9. The van der Waals surface area contributed by atoms with E-state index in [-0.39, 0.29) is 0 Å². The van der Waals surface area contributed by atoms with Gasteiger partial charge in [0.2, 0.25) is 0 Å². The Balaban J connectivity index is 2.53. The number of pyridine rings is 1. The second kappa shape index (κ2) is 5.36. The summed E-state index contributed by atoms with van der Waals surface area (Å²) < 4.78 is 1.03. The molecule has 2 nitrogen and oxygen atoms in total. The third kappa shape index (κ3) is 2.62. The van der Waals surface area contributed by atoms with Crippen molar-refractivity contribution in [2.75, 3.05) is 0 Å². The van der Waals surface area contributed by atoms with Crippen LogP contribution in [0, 0.1) is 6.92 Å². The highest BCUT2D eigenvalue weighted by molar-refractivity contribution is 9.10. The fourth-order valence-corrected chi connectivity index (χ4v) is 2.17. The molecule has 2 rings (SSSR count). The van der Waals surface area contributed by atoms with Crippen molar-refractivity contribution >= 4 is 27.2 Å². The van der Waals surface area contributed by atoms with Crippen molar-refractivity contribution in [3.05, 3.63) is 63.9 Å². The summed E-state index contributed by atoms with van der Waals surface area (Å²) in [6.45, 7) is 4.05. The van der Waals surface area contributed by atoms with E-state index in [0.717, 1.165) is 32.6 Å². The summed E-state index contributed by atoms with van der Waals surface area (Å²) in [7, 11) is 0. The Kier molecular flexibility index (Phi) is 3.82. The molecule has 0 atom stereocenters. The lowest BCUT2D eigenvalue weighted by molar-refractivity contribution is 1.26. The van der Waals surface area contributed by atoms with Crippen molar-refractivity contribution in [2.24, 2.45) is 5.73 Å². The second-order valence-corrected chi connectivity index (χ2v) is 5.13. The minimum atomic E-state index is 0.771. The molecule has 0 bridgehead atoms. The van der Waals surface area contributed by atoms with Crippen LogP contribution in [0.4, 0.5) is 0 Å². The largest absolute Gasteiger partial charge is 0.398 e. The summed E-state index contributed by atoms with van der Waals surface area (Å²) >= 11 is 3.48. The van der Waals surface area contributed by atoms with E-state index in [4.69, 9.17) is 5.73 Å². The number of allylic oxidation sites excluding steroid dienone is 1. The van der Waals surface area contributed by atoms with Gasteiger partial charge in [0.15, 0.2) is 0 Å². The van der Waals surface area contributed by atoms with E-state index < -0.39 is 0 Å². The van der Waals surface area contributed by atoms with Gasteiger partial charge < -0.3 is 5.73 Å². The molecule has 0 radical (unpaired) electrons. The third-order valence-electron chi connectivity index (χ3n) is 2.94. The van der Waals surface area contributed by atoms with Crippen LogP contribution in [0.15, 0.2) is 47.1 Å². The summed E-state index contributed by atoms with van der Waals surface area (Å²) in [5.41, 5.74) is 11.1. The molecule has 18 heavy (non-hydrogen) atoms. The van der Waals surface area contributed by atoms with Crippen LogP contribution in [-0.2, 0) is 0 Å². The molecule has 2 N–H and O–H groups in total. The van der Waals surface area contributed by atoms with Crippen molar-refractivity contribution in [3.8, 4) is 0 Å². The molecule has 0 spiro atoms. The van der Waals surface area contributed by atoms with E-state index in [1.54, 1.807) is 6.20 Å². The van der Waals surface area contributed by atoms with E-state index in [9.17, 15) is 0 Å². The molecule has 0 aliphatic rings. The number of halogens is 1. The first-order valence-corrected chi connectivity index (χ1v) is 6.53. The summed E-state index contributed by atoms with van der Waals surface area (Å²) in [5.74, 6) is 0. The predicted octanol–water partition coefficient (Wildman–Crippen LogP) is 4.00. The van der Waals surface area contributed by atoms with Crippen LogP contribution in [-0.4, -0.2) is 4.98 Å². The van der Waals surface area contributed by atoms with Gasteiger partial charge in [-0.15, -0.1) is 0 Å². The number of rotatable bonds is 2. The van der Waals surface area contributed by atoms with E-state index >= 15 is 0 Å². The van der Waals surface area contributed by atoms with Gasteiger partial charge in [-0.3, -0.25) is 4.98 Å². The van der Waals surface area contributed by atoms with E-state index in [1.807, 2.05) is 37.3 Å². The first-order valence-electron chi connectivity index (χ1n) is 5.74. The number of aromatic nitrogens is 1. The Bertz CT molecular complexity index is 589. The van der Waals surface area contributed by atoms with Gasteiger partial charge in [0.1, 0.15) is 0 Å². The lowest BCUT2D eigenvalue weighted by atomic mass is 10.0. The quantitative estimate of drug-likeness (QED) is 0.910. The van der Waals surface area contributed by atoms with Gasteiger partial charge in [-0.2, -0.15) is 0 Å². The number of nitrogens with two attached hydrogens (primary N) is 1. The maximum Gasteiger partial charge on any atom is 0.0679 e. The molecule has 1 aromatic carbocycles. The molecule has 0 saturated carbocycles. The molecule has 0 unspecified atom stereocenters. The molecule has 0 fully saturated rings. The van der Waals surface area contributed by atoms with Crippen LogP contribution in [0.1, 0.15) is 23.7 Å². The van der Waals surface area contributed by atoms with Crippen LogP contribution in [0.5, 0.6) is 0 Å². The maximum atomic E-state index is 6.26. The Hall–Kier alpha value is -1.61. The lowest BCUT2D eigenvalue weighted by Crippen LogP contribution is -2.02. The summed E-state index contributed by atoms with van der Waals surface area (Å²) in [4.78, 5) is 4.33. The summed E-state index contributed by atoms with van der Waals surface area (Å²) in [6.07, 6.45) is 1.78. The molecule has 1 aromatic heterocycles. The topological polar surface area (TPSA) is 38.9 Å². The minimum Gasteiger partial charge on any atom is -0.398 e. The molecule has 0 saturated heterocycles. The number of benzene rings is 1. The highest BCUT2D eigenvalue weighted by Crippen LogP contribution is 2.25. The standard InChI is InChI=1S/C15H15BrN2/c1-10-6-7-12(16)9-13(10)15(17)11(2)14-5-3-4-8-18-14/h3-9H,17H2,1-2H3. The van der Waals surface area contributed by atoms with E-state index in [0.29, 0.717) is 0 Å². The van der Waals surface area contributed by atoms with Gasteiger partial charge in [0.05, 0.1) is 5.69 Å². The minimum absolute atomic E-state index is 0.771. The van der Waals surface area contributed by atoms with Crippen molar-refractivity contribution in [3.63, 3.8) is 0 Å². The zero-order chi connectivity index (χ0) is 13.1. The highest BCUT2D eigenvalue weighted by Gasteiger charge is 2.08. The average molecular weight is 303 g/mol. The Morgan fingerprint density at radius 1 is 1.22 bits per heavy atom. The van der Waals surface area contributed by atoms with Crippen molar-refractivity contribution in [1.29, 1.82) is 0 Å². The molecular formula is C15H15BrN2. The smallest absolute Gasteiger partial charge is 0.0679 e. The Morgan fingerprint density at radius 3 is 2.67 bits per heavy atom. The van der Waals surface area contributed by atoms with Gasteiger partial charge in [-0.05, 0) is 49.2 Å². The zero-order valence-electron chi connectivity index (χ0n) is 10.4. The molecule has 0 aliphatic carbocycles. The van der Waals surface area contributed by atoms with Crippen LogP contribution in [0.2, 0.25) is 0 Å². The predicted molar refractivity (Wildman–Crippen MR) is 79.8 cm³/mol. The molecule has 0 aliphatic heterocycles. The lowest BCUT2D eigenvalue weighted by Gasteiger charge is -2.11. The van der Waals surface area contributed by atoms with E-state index in [1.165, 1.54) is 0 Å². The zero-order valence-corrected chi connectivity index (χ0v) is 12.0. The molecular weight excluding hydrogens is 288 g/mol. The number of aryl methyl sites for hydroxylation is 1. The van der Waals surface area contributed by atoms with Crippen LogP contribution in [0.25, 0.3) is 11.3 Å². The van der Waals surface area contributed by atoms with Crippen molar-refractivity contribution < 1.29 is 0 Å². The monoisotopic (exact) mass is 302 g/mol. The molecule has 92 valence electrons. The first-order chi connectivity index (χ1) is 8.59. The number of hydrogen-bond donors (Lipinski definition) is 1. The van der Waals surface area contributed by atoms with E-state index in [2.05, 4.69) is 33.9 Å². The Labute approximate surface area is 116 Å². The number of nitrogens with zero attached hydrogens (tertiary/aromatic N) is 1. The van der Waals surface area contributed by atoms with Crippen molar-refractivity contribution in [2.45, 2.75) is 13.8 Å². The summed E-state index contributed by atoms with van der Waals surface area (Å²) in [6, 6.07) is 11.9.